The summed E-state index contributed by atoms with van der Waals surface area (Å²) in [4.78, 5) is 2.81. The van der Waals surface area contributed by atoms with Gasteiger partial charge in [-0.2, -0.15) is 13.2 Å². The zero-order chi connectivity index (χ0) is 30.4. The third-order valence-corrected chi connectivity index (χ3v) is 10.1. The molecule has 3 heterocycles. The van der Waals surface area contributed by atoms with Gasteiger partial charge in [0.15, 0.2) is 9.84 Å². The summed E-state index contributed by atoms with van der Waals surface area (Å²) in [7, 11) is -3.32. The molecule has 0 unspecified atom stereocenters. The first-order valence-corrected chi connectivity index (χ1v) is 16.6. The number of aromatic nitrogens is 1. The van der Waals surface area contributed by atoms with Gasteiger partial charge < -0.3 is 19.9 Å². The van der Waals surface area contributed by atoms with Crippen molar-refractivity contribution in [1.29, 1.82) is 0 Å². The van der Waals surface area contributed by atoms with Crippen molar-refractivity contribution in [3.8, 4) is 11.8 Å². The quantitative estimate of drug-likeness (QED) is 0.346. The van der Waals surface area contributed by atoms with Gasteiger partial charge in [-0.25, -0.2) is 8.42 Å². The van der Waals surface area contributed by atoms with Crippen LogP contribution in [0.25, 0.3) is 10.9 Å². The standard InChI is InChI=1S/C32H37F3N4O3S/c1-22-15-26(43(2,40)41)12-13-28(22)36-14-4-5-25-16-27-29(6-3-7-30(27)39(25)19-32(33,34)35)37-23-8-10-24(11-9-23)38-17-31(18-38)20-42-21-31/h3,6-7,12-13,15-16,23-24,36-37H,8-11,14,17-21H2,1-2H3/t23-,24-. The molecule has 0 atom stereocenters. The molecule has 3 fully saturated rings. The summed E-state index contributed by atoms with van der Waals surface area (Å²) in [5.74, 6) is 5.89. The monoisotopic (exact) mass is 614 g/mol. The highest BCUT2D eigenvalue weighted by molar-refractivity contribution is 7.90. The predicted octanol–water partition coefficient (Wildman–Crippen LogP) is 5.43. The van der Waals surface area contributed by atoms with Crippen LogP contribution in [0.5, 0.6) is 0 Å². The Bertz CT molecular complexity index is 1670. The van der Waals surface area contributed by atoms with Crippen LogP contribution in [0.15, 0.2) is 47.4 Å². The fraction of sp³-hybridized carbons (Fsp3) is 0.500. The lowest BCUT2D eigenvalue weighted by Gasteiger charge is -2.58. The van der Waals surface area contributed by atoms with Crippen molar-refractivity contribution in [1.82, 2.24) is 9.47 Å². The van der Waals surface area contributed by atoms with E-state index in [1.807, 2.05) is 6.07 Å². The Morgan fingerprint density at radius 2 is 1.79 bits per heavy atom. The van der Waals surface area contributed by atoms with Gasteiger partial charge in [0.05, 0.1) is 35.9 Å². The Morgan fingerprint density at radius 3 is 2.42 bits per heavy atom. The third kappa shape index (κ3) is 6.52. The van der Waals surface area contributed by atoms with Crippen molar-refractivity contribution in [2.45, 2.75) is 62.3 Å². The molecule has 0 amide bonds. The number of alkyl halides is 3. The molecule has 2 aromatic carbocycles. The predicted molar refractivity (Wildman–Crippen MR) is 162 cm³/mol. The summed E-state index contributed by atoms with van der Waals surface area (Å²) in [6.07, 6.45) is 1.02. The second kappa shape index (κ2) is 11.4. The van der Waals surface area contributed by atoms with E-state index in [-0.39, 0.29) is 17.5 Å². The summed E-state index contributed by atoms with van der Waals surface area (Å²) in [6, 6.07) is 12.8. The van der Waals surface area contributed by atoms with Gasteiger partial charge in [0.1, 0.15) is 6.54 Å². The maximum absolute atomic E-state index is 13.6. The smallest absolute Gasteiger partial charge is 0.382 e. The van der Waals surface area contributed by atoms with Crippen LogP contribution in [-0.4, -0.2) is 75.2 Å². The molecule has 1 saturated carbocycles. The molecule has 2 aliphatic heterocycles. The van der Waals surface area contributed by atoms with Crippen LogP contribution in [0, 0.1) is 24.2 Å². The number of hydrogen-bond donors (Lipinski definition) is 2. The lowest BCUT2D eigenvalue weighted by molar-refractivity contribution is -0.200. The Hall–Kier alpha value is -3.20. The number of benzene rings is 2. The summed E-state index contributed by atoms with van der Waals surface area (Å²) < 4.78 is 71.1. The molecule has 3 aromatic rings. The van der Waals surface area contributed by atoms with Crippen LogP contribution in [-0.2, 0) is 21.1 Å². The molecule has 7 nitrogen and oxygen atoms in total. The summed E-state index contributed by atoms with van der Waals surface area (Å²) in [5.41, 5.74) is 3.48. The van der Waals surface area contributed by atoms with Gasteiger partial charge in [0.2, 0.25) is 0 Å². The number of hydrogen-bond acceptors (Lipinski definition) is 6. The van der Waals surface area contributed by atoms with E-state index >= 15 is 0 Å². The second-order valence-corrected chi connectivity index (χ2v) is 14.4. The van der Waals surface area contributed by atoms with E-state index in [2.05, 4.69) is 27.4 Å². The third-order valence-electron chi connectivity index (χ3n) is 8.96. The van der Waals surface area contributed by atoms with E-state index in [1.165, 1.54) is 10.6 Å². The number of halogens is 3. The molecule has 1 spiro atoms. The summed E-state index contributed by atoms with van der Waals surface area (Å²) in [5, 5.41) is 7.50. The molecule has 1 aliphatic carbocycles. The van der Waals surface area contributed by atoms with Gasteiger partial charge in [-0.05, 0) is 80.5 Å². The number of nitrogens with one attached hydrogen (secondary N) is 2. The maximum atomic E-state index is 13.6. The van der Waals surface area contributed by atoms with Crippen LogP contribution < -0.4 is 10.6 Å². The fourth-order valence-electron chi connectivity index (χ4n) is 6.65. The topological polar surface area (TPSA) is 75.6 Å². The first kappa shape index (κ1) is 29.9. The van der Waals surface area contributed by atoms with Gasteiger partial charge in [0, 0.05) is 53.6 Å². The first-order valence-electron chi connectivity index (χ1n) is 14.7. The van der Waals surface area contributed by atoms with E-state index in [0.29, 0.717) is 28.4 Å². The van der Waals surface area contributed by atoms with Crippen molar-refractivity contribution in [3.05, 3.63) is 53.7 Å². The molecule has 2 saturated heterocycles. The Kier molecular flexibility index (Phi) is 7.90. The molecule has 6 rings (SSSR count). The minimum absolute atomic E-state index is 0.187. The molecule has 11 heteroatoms. The zero-order valence-corrected chi connectivity index (χ0v) is 25.2. The highest BCUT2D eigenvalue weighted by atomic mass is 32.2. The fourth-order valence-corrected chi connectivity index (χ4v) is 7.36. The summed E-state index contributed by atoms with van der Waals surface area (Å²) >= 11 is 0. The zero-order valence-electron chi connectivity index (χ0n) is 24.4. The summed E-state index contributed by atoms with van der Waals surface area (Å²) in [6.45, 7) is 4.90. The van der Waals surface area contributed by atoms with Crippen molar-refractivity contribution in [2.75, 3.05) is 49.7 Å². The van der Waals surface area contributed by atoms with E-state index in [0.717, 1.165) is 74.9 Å². The second-order valence-electron chi connectivity index (χ2n) is 12.4. The minimum Gasteiger partial charge on any atom is -0.382 e. The minimum atomic E-state index is -4.40. The molecule has 3 aliphatic rings. The van der Waals surface area contributed by atoms with Crippen LogP contribution in [0.3, 0.4) is 0 Å². The number of ether oxygens (including phenoxy) is 1. The average Bonchev–Trinajstić information content (AvgIpc) is 3.23. The molecule has 2 N–H and O–H groups in total. The van der Waals surface area contributed by atoms with E-state index in [4.69, 9.17) is 4.74 Å². The van der Waals surface area contributed by atoms with Gasteiger partial charge in [0.25, 0.3) is 0 Å². The normalized spacial score (nSPS) is 22.0. The first-order chi connectivity index (χ1) is 20.4. The largest absolute Gasteiger partial charge is 0.406 e. The number of rotatable bonds is 7. The Labute approximate surface area is 250 Å². The van der Waals surface area contributed by atoms with Gasteiger partial charge in [-0.1, -0.05) is 12.0 Å². The molecule has 230 valence electrons. The van der Waals surface area contributed by atoms with Crippen molar-refractivity contribution in [3.63, 3.8) is 0 Å². The van der Waals surface area contributed by atoms with E-state index in [9.17, 15) is 21.6 Å². The maximum Gasteiger partial charge on any atom is 0.406 e. The highest BCUT2D eigenvalue weighted by Crippen LogP contribution is 2.41. The van der Waals surface area contributed by atoms with Crippen LogP contribution in [0.4, 0.5) is 24.5 Å². The average molecular weight is 615 g/mol. The lowest BCUT2D eigenvalue weighted by Crippen LogP contribution is -2.68. The van der Waals surface area contributed by atoms with Crippen LogP contribution >= 0.6 is 0 Å². The number of anilines is 2. The van der Waals surface area contributed by atoms with Gasteiger partial charge in [-0.3, -0.25) is 4.90 Å². The molecule has 0 radical (unpaired) electrons. The van der Waals surface area contributed by atoms with E-state index in [1.54, 1.807) is 37.3 Å². The molecule has 43 heavy (non-hydrogen) atoms. The Balaban J connectivity index is 1.15. The Morgan fingerprint density at radius 1 is 1.05 bits per heavy atom. The molecule has 1 aromatic heterocycles. The van der Waals surface area contributed by atoms with Crippen molar-refractivity contribution < 1.29 is 26.3 Å². The molecular formula is C32H37F3N4O3S. The van der Waals surface area contributed by atoms with E-state index < -0.39 is 22.6 Å². The lowest BCUT2D eigenvalue weighted by atomic mass is 9.75. The van der Waals surface area contributed by atoms with Gasteiger partial charge >= 0.3 is 6.18 Å². The number of fused-ring (bicyclic) bond motifs is 1. The number of nitrogens with zero attached hydrogens (tertiary/aromatic N) is 2. The van der Waals surface area contributed by atoms with Gasteiger partial charge in [-0.15, -0.1) is 0 Å². The number of aryl methyl sites for hydroxylation is 1. The van der Waals surface area contributed by atoms with Crippen molar-refractivity contribution in [2.24, 2.45) is 5.41 Å². The van der Waals surface area contributed by atoms with Crippen LogP contribution in [0.1, 0.15) is 36.9 Å². The molecular weight excluding hydrogens is 577 g/mol. The number of sulfone groups is 1. The van der Waals surface area contributed by atoms with Crippen LogP contribution in [0.2, 0.25) is 0 Å². The SMILES string of the molecule is Cc1cc(S(C)(=O)=O)ccc1NCC#Cc1cc2c(N[C@H]3CC[C@H](N4CC5(COC5)C4)CC3)cccc2n1CC(F)(F)F. The number of likely N-dealkylation sites (tertiary alicyclic amines) is 1. The highest BCUT2D eigenvalue weighted by Gasteiger charge is 2.50. The van der Waals surface area contributed by atoms with Crippen molar-refractivity contribution >= 4 is 32.1 Å². The molecule has 0 bridgehead atoms.